The molecule has 4 rings (SSSR count). The average molecular weight is 393 g/mol. The van der Waals surface area contributed by atoms with Crippen LogP contribution in [0.1, 0.15) is 34.3 Å². The molecule has 0 unspecified atom stereocenters. The summed E-state index contributed by atoms with van der Waals surface area (Å²) in [6, 6.07) is 15.8. The Kier molecular flexibility index (Phi) is 6.10. The molecule has 2 saturated heterocycles. The molecule has 1 N–H and O–H groups in total. The highest BCUT2D eigenvalue weighted by Gasteiger charge is 2.20. The summed E-state index contributed by atoms with van der Waals surface area (Å²) >= 11 is 0. The molecule has 2 heterocycles. The molecular weight excluding hydrogens is 366 g/mol. The number of amides is 2. The van der Waals surface area contributed by atoms with Crippen LogP contribution in [0.5, 0.6) is 0 Å². The lowest BCUT2D eigenvalue weighted by molar-refractivity contribution is -0.128. The molecule has 2 aliphatic rings. The monoisotopic (exact) mass is 393 g/mol. The quantitative estimate of drug-likeness (QED) is 0.820. The van der Waals surface area contributed by atoms with Crippen molar-refractivity contribution in [3.05, 3.63) is 65.2 Å². The smallest absolute Gasteiger partial charge is 0.251 e. The number of likely N-dealkylation sites (tertiary alicyclic amines) is 1. The minimum absolute atomic E-state index is 0.0916. The number of nitrogens with one attached hydrogen (secondary N) is 1. The maximum Gasteiger partial charge on any atom is 0.251 e. The van der Waals surface area contributed by atoms with Crippen LogP contribution < -0.4 is 10.2 Å². The third-order valence-corrected chi connectivity index (χ3v) is 5.53. The number of hydrogen-bond donors (Lipinski definition) is 1. The van der Waals surface area contributed by atoms with E-state index >= 15 is 0 Å². The van der Waals surface area contributed by atoms with E-state index in [4.69, 9.17) is 4.74 Å². The van der Waals surface area contributed by atoms with Crippen molar-refractivity contribution < 1.29 is 14.3 Å². The van der Waals surface area contributed by atoms with Gasteiger partial charge in [-0.05, 0) is 41.8 Å². The third-order valence-electron chi connectivity index (χ3n) is 5.53. The molecule has 2 aliphatic heterocycles. The Balaban J connectivity index is 1.28. The molecule has 6 nitrogen and oxygen atoms in total. The number of nitrogens with zero attached hydrogens (tertiary/aromatic N) is 2. The van der Waals surface area contributed by atoms with Crippen molar-refractivity contribution in [2.45, 2.75) is 25.9 Å². The van der Waals surface area contributed by atoms with E-state index in [0.717, 1.165) is 50.4 Å². The van der Waals surface area contributed by atoms with Crippen LogP contribution in [0.25, 0.3) is 0 Å². The molecule has 152 valence electrons. The number of anilines is 1. The second-order valence-electron chi connectivity index (χ2n) is 7.56. The van der Waals surface area contributed by atoms with E-state index in [2.05, 4.69) is 34.5 Å². The number of ether oxygens (including phenoxy) is 1. The Morgan fingerprint density at radius 1 is 0.931 bits per heavy atom. The molecule has 2 fully saturated rings. The topological polar surface area (TPSA) is 61.9 Å². The summed E-state index contributed by atoms with van der Waals surface area (Å²) in [4.78, 5) is 28.4. The molecule has 0 radical (unpaired) electrons. The summed E-state index contributed by atoms with van der Waals surface area (Å²) in [5.74, 6) is 0.123. The number of rotatable bonds is 6. The number of carbonyl (C=O) groups is 2. The maximum absolute atomic E-state index is 12.4. The van der Waals surface area contributed by atoms with Crippen LogP contribution in [0.15, 0.2) is 48.5 Å². The van der Waals surface area contributed by atoms with E-state index in [1.165, 1.54) is 5.69 Å². The molecule has 0 bridgehead atoms. The molecule has 0 aromatic heterocycles. The number of morpholine rings is 1. The van der Waals surface area contributed by atoms with Gasteiger partial charge in [0, 0.05) is 50.4 Å². The van der Waals surface area contributed by atoms with Crippen molar-refractivity contribution >= 4 is 17.5 Å². The molecular formula is C23H27N3O3. The summed E-state index contributed by atoms with van der Waals surface area (Å²) in [7, 11) is 0. The highest BCUT2D eigenvalue weighted by atomic mass is 16.5. The standard InChI is InChI=1S/C23H27N3O3/c27-22-2-1-11-26(22)17-19-3-7-20(8-4-19)23(28)24-16-18-5-9-21(10-6-18)25-12-14-29-15-13-25/h3-10H,1-2,11-17H2,(H,24,28). The summed E-state index contributed by atoms with van der Waals surface area (Å²) in [5, 5.41) is 2.98. The zero-order valence-corrected chi connectivity index (χ0v) is 16.6. The fourth-order valence-electron chi connectivity index (χ4n) is 3.78. The predicted octanol–water partition coefficient (Wildman–Crippen LogP) is 2.58. The van der Waals surface area contributed by atoms with Crippen molar-refractivity contribution in [3.63, 3.8) is 0 Å². The van der Waals surface area contributed by atoms with Gasteiger partial charge in [0.15, 0.2) is 0 Å². The van der Waals surface area contributed by atoms with Crippen molar-refractivity contribution in [2.75, 3.05) is 37.7 Å². The molecule has 2 amide bonds. The Morgan fingerprint density at radius 2 is 1.62 bits per heavy atom. The molecule has 0 atom stereocenters. The number of hydrogen-bond acceptors (Lipinski definition) is 4. The van der Waals surface area contributed by atoms with Crippen molar-refractivity contribution in [1.29, 1.82) is 0 Å². The van der Waals surface area contributed by atoms with Gasteiger partial charge < -0.3 is 19.9 Å². The Hall–Kier alpha value is -2.86. The van der Waals surface area contributed by atoms with Crippen LogP contribution in [0.2, 0.25) is 0 Å². The SMILES string of the molecule is O=C(NCc1ccc(N2CCOCC2)cc1)c1ccc(CN2CCCC2=O)cc1. The fourth-order valence-corrected chi connectivity index (χ4v) is 3.78. The molecule has 29 heavy (non-hydrogen) atoms. The molecule has 2 aromatic rings. The molecule has 2 aromatic carbocycles. The maximum atomic E-state index is 12.4. The van der Waals surface area contributed by atoms with Gasteiger partial charge >= 0.3 is 0 Å². The first-order valence-corrected chi connectivity index (χ1v) is 10.3. The number of carbonyl (C=O) groups excluding carboxylic acids is 2. The van der Waals surface area contributed by atoms with Crippen LogP contribution in [-0.4, -0.2) is 49.6 Å². The Labute approximate surface area is 171 Å². The number of benzene rings is 2. The van der Waals surface area contributed by atoms with Gasteiger partial charge in [-0.25, -0.2) is 0 Å². The predicted molar refractivity (Wildman–Crippen MR) is 112 cm³/mol. The normalized spacial score (nSPS) is 16.9. The van der Waals surface area contributed by atoms with Gasteiger partial charge in [0.1, 0.15) is 0 Å². The second kappa shape index (κ2) is 9.09. The summed E-state index contributed by atoms with van der Waals surface area (Å²) in [6.45, 7) is 5.31. The van der Waals surface area contributed by atoms with Gasteiger partial charge in [-0.3, -0.25) is 9.59 Å². The highest BCUT2D eigenvalue weighted by Crippen LogP contribution is 2.17. The van der Waals surface area contributed by atoms with Crippen molar-refractivity contribution in [3.8, 4) is 0 Å². The molecule has 0 aliphatic carbocycles. The summed E-state index contributed by atoms with van der Waals surface area (Å²) in [6.07, 6.45) is 1.58. The van der Waals surface area contributed by atoms with Gasteiger partial charge in [0.25, 0.3) is 5.91 Å². The van der Waals surface area contributed by atoms with Gasteiger partial charge in [-0.2, -0.15) is 0 Å². The zero-order chi connectivity index (χ0) is 20.1. The Bertz CT molecular complexity index is 843. The lowest BCUT2D eigenvalue weighted by Gasteiger charge is -2.28. The van der Waals surface area contributed by atoms with Crippen LogP contribution in [0.4, 0.5) is 5.69 Å². The van der Waals surface area contributed by atoms with Crippen LogP contribution in [0.3, 0.4) is 0 Å². The van der Waals surface area contributed by atoms with Gasteiger partial charge in [-0.15, -0.1) is 0 Å². The molecule has 0 saturated carbocycles. The van der Waals surface area contributed by atoms with Gasteiger partial charge in [-0.1, -0.05) is 24.3 Å². The average Bonchev–Trinajstić information content (AvgIpc) is 3.18. The van der Waals surface area contributed by atoms with E-state index in [1.807, 2.05) is 29.2 Å². The Morgan fingerprint density at radius 3 is 2.28 bits per heavy atom. The van der Waals surface area contributed by atoms with Crippen LogP contribution in [-0.2, 0) is 22.6 Å². The first kappa shape index (κ1) is 19.5. The first-order valence-electron chi connectivity index (χ1n) is 10.3. The van der Waals surface area contributed by atoms with Crippen LogP contribution >= 0.6 is 0 Å². The van der Waals surface area contributed by atoms with E-state index in [0.29, 0.717) is 25.1 Å². The van der Waals surface area contributed by atoms with E-state index in [1.54, 1.807) is 0 Å². The zero-order valence-electron chi connectivity index (χ0n) is 16.6. The van der Waals surface area contributed by atoms with Gasteiger partial charge in [0.2, 0.25) is 5.91 Å². The third kappa shape index (κ3) is 4.95. The summed E-state index contributed by atoms with van der Waals surface area (Å²) < 4.78 is 5.39. The van der Waals surface area contributed by atoms with Gasteiger partial charge in [0.05, 0.1) is 13.2 Å². The lowest BCUT2D eigenvalue weighted by Crippen LogP contribution is -2.36. The van der Waals surface area contributed by atoms with E-state index in [9.17, 15) is 9.59 Å². The minimum Gasteiger partial charge on any atom is -0.378 e. The van der Waals surface area contributed by atoms with Crippen molar-refractivity contribution in [1.82, 2.24) is 10.2 Å². The minimum atomic E-state index is -0.0916. The molecule has 6 heteroatoms. The fraction of sp³-hybridized carbons (Fsp3) is 0.391. The second-order valence-corrected chi connectivity index (χ2v) is 7.56. The van der Waals surface area contributed by atoms with E-state index in [-0.39, 0.29) is 11.8 Å². The van der Waals surface area contributed by atoms with Crippen molar-refractivity contribution in [2.24, 2.45) is 0 Å². The molecule has 0 spiro atoms. The van der Waals surface area contributed by atoms with E-state index < -0.39 is 0 Å². The lowest BCUT2D eigenvalue weighted by atomic mass is 10.1. The highest BCUT2D eigenvalue weighted by molar-refractivity contribution is 5.94. The largest absolute Gasteiger partial charge is 0.378 e. The first-order chi connectivity index (χ1) is 14.2. The van der Waals surface area contributed by atoms with Crippen LogP contribution in [0, 0.1) is 0 Å². The summed E-state index contributed by atoms with van der Waals surface area (Å²) in [5.41, 5.74) is 3.94.